The average molecular weight is 294 g/mol. The molecule has 0 fully saturated rings. The van der Waals surface area contributed by atoms with Gasteiger partial charge >= 0.3 is 0 Å². The molecule has 1 aromatic heterocycles. The van der Waals surface area contributed by atoms with Crippen molar-refractivity contribution >= 4 is 32.6 Å². The van der Waals surface area contributed by atoms with Gasteiger partial charge in [0.05, 0.1) is 4.90 Å². The Morgan fingerprint density at radius 1 is 1.40 bits per heavy atom. The van der Waals surface area contributed by atoms with Crippen molar-refractivity contribution in [2.24, 2.45) is 5.73 Å². The van der Waals surface area contributed by atoms with Crippen LogP contribution < -0.4 is 5.73 Å². The first-order valence-corrected chi connectivity index (χ1v) is 7.55. The Kier molecular flexibility index (Phi) is 3.26. The van der Waals surface area contributed by atoms with Gasteiger partial charge in [-0.2, -0.15) is 0 Å². The second-order valence-electron chi connectivity index (χ2n) is 4.42. The summed E-state index contributed by atoms with van der Waals surface area (Å²) in [6.07, 6.45) is 1.11. The van der Waals surface area contributed by atoms with E-state index in [0.29, 0.717) is 10.9 Å². The van der Waals surface area contributed by atoms with Gasteiger partial charge in [-0.1, -0.05) is 6.07 Å². The Morgan fingerprint density at radius 2 is 2.05 bits per heavy atom. The van der Waals surface area contributed by atoms with Crippen LogP contribution in [0.3, 0.4) is 0 Å². The lowest BCUT2D eigenvalue weighted by Crippen LogP contribution is -2.38. The van der Waals surface area contributed by atoms with Gasteiger partial charge in [-0.25, -0.2) is 8.42 Å². The topological polar surface area (TPSA) is 120 Å². The number of hydrogen-bond donors (Lipinski definition) is 3. The summed E-state index contributed by atoms with van der Waals surface area (Å²) in [6, 6.07) is 6.20. The summed E-state index contributed by atoms with van der Waals surface area (Å²) < 4.78 is 23.4. The number of amides is 1. The lowest BCUT2D eigenvalue weighted by atomic mass is 10.2. The first-order valence-electron chi connectivity index (χ1n) is 5.65. The molecule has 7 nitrogen and oxygen atoms in total. The zero-order chi connectivity index (χ0) is 15.1. The molecule has 0 saturated carbocycles. The van der Waals surface area contributed by atoms with Crippen LogP contribution in [0.2, 0.25) is 0 Å². The minimum Gasteiger partial charge on any atom is -0.370 e. The fourth-order valence-electron chi connectivity index (χ4n) is 1.86. The summed E-state index contributed by atoms with van der Waals surface area (Å²) in [5, 5.41) is 7.67. The number of aromatic amines is 1. The number of H-pyrrole nitrogens is 1. The van der Waals surface area contributed by atoms with E-state index in [9.17, 15) is 13.2 Å². The van der Waals surface area contributed by atoms with Crippen LogP contribution in [0.1, 0.15) is 10.5 Å². The number of guanidine groups is 1. The predicted molar refractivity (Wildman–Crippen MR) is 75.4 cm³/mol. The van der Waals surface area contributed by atoms with Gasteiger partial charge in [0.15, 0.2) is 15.8 Å². The number of sulfone groups is 1. The molecule has 8 heteroatoms. The maximum Gasteiger partial charge on any atom is 0.276 e. The van der Waals surface area contributed by atoms with E-state index < -0.39 is 21.7 Å². The van der Waals surface area contributed by atoms with E-state index in [-0.39, 0.29) is 10.6 Å². The zero-order valence-electron chi connectivity index (χ0n) is 11.0. The molecule has 4 N–H and O–H groups in total. The summed E-state index contributed by atoms with van der Waals surface area (Å²) in [5.74, 6) is -0.898. The Labute approximate surface area is 115 Å². The van der Waals surface area contributed by atoms with E-state index >= 15 is 0 Å². The largest absolute Gasteiger partial charge is 0.370 e. The van der Waals surface area contributed by atoms with Gasteiger partial charge in [0.1, 0.15) is 5.69 Å². The number of carbonyl (C=O) groups is 1. The number of rotatable bonds is 2. The maximum atomic E-state index is 12.0. The van der Waals surface area contributed by atoms with Crippen molar-refractivity contribution in [3.8, 4) is 0 Å². The Bertz CT molecular complexity index is 807. The van der Waals surface area contributed by atoms with Crippen molar-refractivity contribution in [1.29, 1.82) is 5.41 Å². The molecule has 2 aromatic rings. The second kappa shape index (κ2) is 4.64. The van der Waals surface area contributed by atoms with Gasteiger partial charge in [-0.15, -0.1) is 0 Å². The van der Waals surface area contributed by atoms with E-state index in [0.717, 1.165) is 11.2 Å². The van der Waals surface area contributed by atoms with E-state index in [4.69, 9.17) is 11.1 Å². The molecule has 0 unspecified atom stereocenters. The Balaban J connectivity index is 2.61. The lowest BCUT2D eigenvalue weighted by Gasteiger charge is -2.12. The van der Waals surface area contributed by atoms with Crippen LogP contribution in [-0.2, 0) is 9.84 Å². The summed E-state index contributed by atoms with van der Waals surface area (Å²) in [6.45, 7) is 0. The monoisotopic (exact) mass is 294 g/mol. The maximum absolute atomic E-state index is 12.0. The van der Waals surface area contributed by atoms with Gasteiger partial charge in [-0.05, 0) is 18.2 Å². The van der Waals surface area contributed by atoms with Crippen LogP contribution in [0.5, 0.6) is 0 Å². The van der Waals surface area contributed by atoms with Gasteiger partial charge in [0.25, 0.3) is 5.91 Å². The molecule has 2 rings (SSSR count). The van der Waals surface area contributed by atoms with Crippen molar-refractivity contribution in [3.63, 3.8) is 0 Å². The number of aromatic nitrogens is 1. The molecule has 20 heavy (non-hydrogen) atoms. The molecule has 0 aliphatic rings. The fourth-order valence-corrected chi connectivity index (χ4v) is 2.75. The van der Waals surface area contributed by atoms with Crippen LogP contribution >= 0.6 is 0 Å². The third-order valence-electron chi connectivity index (χ3n) is 2.92. The first-order chi connectivity index (χ1) is 9.21. The molecule has 0 radical (unpaired) electrons. The number of carbonyl (C=O) groups excluding carboxylic acids is 1. The van der Waals surface area contributed by atoms with E-state index in [1.165, 1.54) is 19.2 Å². The van der Waals surface area contributed by atoms with Gasteiger partial charge in [0.2, 0.25) is 0 Å². The molecule has 0 bridgehead atoms. The van der Waals surface area contributed by atoms with Gasteiger partial charge < -0.3 is 10.7 Å². The molecular weight excluding hydrogens is 280 g/mol. The normalized spacial score (nSPS) is 11.5. The van der Waals surface area contributed by atoms with Gasteiger partial charge in [-0.3, -0.25) is 15.1 Å². The number of nitrogens with two attached hydrogens (primary N) is 1. The number of nitrogens with zero attached hydrogens (tertiary/aromatic N) is 1. The Hall–Kier alpha value is -2.35. The van der Waals surface area contributed by atoms with Crippen LogP contribution in [0.25, 0.3) is 10.9 Å². The summed E-state index contributed by atoms with van der Waals surface area (Å²) in [5.41, 5.74) is 5.96. The number of nitrogens with one attached hydrogen (secondary N) is 2. The number of fused-ring (bicyclic) bond motifs is 1. The van der Waals surface area contributed by atoms with Crippen molar-refractivity contribution in [1.82, 2.24) is 9.88 Å². The number of hydrogen-bond acceptors (Lipinski definition) is 4. The van der Waals surface area contributed by atoms with Gasteiger partial charge in [0, 0.05) is 24.2 Å². The third kappa shape index (κ3) is 2.37. The van der Waals surface area contributed by atoms with E-state index in [2.05, 4.69) is 4.98 Å². The standard InChI is InChI=1S/C12H14N4O3S/c1-16(12(13)14)11(17)9-6-7-8(15-9)4-3-5-10(7)20(2,18)19/h3-6,15H,1-2H3,(H3,13,14). The first kappa shape index (κ1) is 14.1. The summed E-state index contributed by atoms with van der Waals surface area (Å²) >= 11 is 0. The molecular formula is C12H14N4O3S. The Morgan fingerprint density at radius 3 is 2.60 bits per heavy atom. The van der Waals surface area contributed by atoms with E-state index in [1.54, 1.807) is 12.1 Å². The van der Waals surface area contributed by atoms with Crippen molar-refractivity contribution in [3.05, 3.63) is 30.0 Å². The van der Waals surface area contributed by atoms with Crippen LogP contribution in [0, 0.1) is 5.41 Å². The van der Waals surface area contributed by atoms with Crippen molar-refractivity contribution in [2.45, 2.75) is 4.90 Å². The van der Waals surface area contributed by atoms with Crippen LogP contribution in [0.15, 0.2) is 29.2 Å². The molecule has 1 heterocycles. The molecule has 0 saturated heterocycles. The minimum atomic E-state index is -3.39. The zero-order valence-corrected chi connectivity index (χ0v) is 11.8. The predicted octanol–water partition coefficient (Wildman–Crippen LogP) is 0.537. The van der Waals surface area contributed by atoms with Crippen LogP contribution in [-0.4, -0.2) is 43.5 Å². The molecule has 1 aromatic carbocycles. The highest BCUT2D eigenvalue weighted by molar-refractivity contribution is 7.91. The van der Waals surface area contributed by atoms with Crippen LogP contribution in [0.4, 0.5) is 0 Å². The lowest BCUT2D eigenvalue weighted by molar-refractivity contribution is 0.0864. The molecule has 0 atom stereocenters. The SMILES string of the molecule is CN(C(=N)N)C(=O)c1cc2c(S(C)(=O)=O)cccc2[nH]1. The van der Waals surface area contributed by atoms with E-state index in [1.807, 2.05) is 0 Å². The summed E-state index contributed by atoms with van der Waals surface area (Å²) in [4.78, 5) is 16.0. The number of benzene rings is 1. The minimum absolute atomic E-state index is 0.149. The molecule has 0 aliphatic heterocycles. The highest BCUT2D eigenvalue weighted by atomic mass is 32.2. The smallest absolute Gasteiger partial charge is 0.276 e. The quantitative estimate of drug-likeness (QED) is 0.553. The van der Waals surface area contributed by atoms with Crippen molar-refractivity contribution < 1.29 is 13.2 Å². The average Bonchev–Trinajstić information content (AvgIpc) is 2.78. The summed E-state index contributed by atoms with van der Waals surface area (Å²) in [7, 11) is -2.02. The highest BCUT2D eigenvalue weighted by Gasteiger charge is 2.19. The fraction of sp³-hybridized carbons (Fsp3) is 0.167. The molecule has 0 spiro atoms. The van der Waals surface area contributed by atoms with Crippen molar-refractivity contribution in [2.75, 3.05) is 13.3 Å². The second-order valence-corrected chi connectivity index (χ2v) is 6.41. The highest BCUT2D eigenvalue weighted by Crippen LogP contribution is 2.24. The molecule has 106 valence electrons. The third-order valence-corrected chi connectivity index (χ3v) is 4.07. The molecule has 1 amide bonds. The molecule has 0 aliphatic carbocycles.